The van der Waals surface area contributed by atoms with Crippen molar-refractivity contribution in [2.75, 3.05) is 26.2 Å². The van der Waals surface area contributed by atoms with Crippen LogP contribution >= 0.6 is 0 Å². The molecule has 0 aromatic heterocycles. The van der Waals surface area contributed by atoms with E-state index in [2.05, 4.69) is 19.2 Å². The molecule has 2 rings (SSSR count). The molecule has 2 aliphatic heterocycles. The molecule has 2 heterocycles. The molecule has 2 atom stereocenters. The molecule has 2 aliphatic rings. The third-order valence-electron chi connectivity index (χ3n) is 4.55. The van der Waals surface area contributed by atoms with Gasteiger partial charge in [0.2, 0.25) is 5.91 Å². The minimum absolute atomic E-state index is 0.218. The van der Waals surface area contributed by atoms with Gasteiger partial charge in [-0.15, -0.1) is 0 Å². The maximum absolute atomic E-state index is 12.7. The third kappa shape index (κ3) is 2.86. The van der Waals surface area contributed by atoms with E-state index >= 15 is 0 Å². The molecular formula is C14H26N2O2. The topological polar surface area (TPSA) is 52.6 Å². The van der Waals surface area contributed by atoms with Crippen molar-refractivity contribution in [3.05, 3.63) is 0 Å². The van der Waals surface area contributed by atoms with E-state index in [4.69, 9.17) is 0 Å². The van der Waals surface area contributed by atoms with Crippen molar-refractivity contribution in [1.29, 1.82) is 0 Å². The van der Waals surface area contributed by atoms with Gasteiger partial charge in [0, 0.05) is 18.5 Å². The van der Waals surface area contributed by atoms with Crippen LogP contribution in [0.15, 0.2) is 0 Å². The molecule has 2 unspecified atom stereocenters. The first-order valence-corrected chi connectivity index (χ1v) is 7.20. The molecule has 0 aromatic carbocycles. The van der Waals surface area contributed by atoms with Crippen LogP contribution in [0, 0.1) is 11.3 Å². The standard InChI is InChI=1S/C14H26N2O2/c1-14(2,11-5-3-7-15-9-11)13(18)16-8-4-6-12(17)10-16/h11-12,15,17H,3-10H2,1-2H3. The van der Waals surface area contributed by atoms with Crippen LogP contribution in [-0.2, 0) is 4.79 Å². The molecule has 1 amide bonds. The zero-order chi connectivity index (χ0) is 13.2. The van der Waals surface area contributed by atoms with Crippen LogP contribution in [0.25, 0.3) is 0 Å². The predicted octanol–water partition coefficient (Wildman–Crippen LogP) is 0.996. The van der Waals surface area contributed by atoms with Crippen LogP contribution in [0.4, 0.5) is 0 Å². The van der Waals surface area contributed by atoms with Crippen LogP contribution in [0.1, 0.15) is 39.5 Å². The van der Waals surface area contributed by atoms with Crippen LogP contribution in [-0.4, -0.2) is 48.2 Å². The largest absolute Gasteiger partial charge is 0.391 e. The van der Waals surface area contributed by atoms with Crippen LogP contribution in [0.5, 0.6) is 0 Å². The van der Waals surface area contributed by atoms with Gasteiger partial charge in [-0.1, -0.05) is 13.8 Å². The van der Waals surface area contributed by atoms with Gasteiger partial charge in [0.05, 0.1) is 6.10 Å². The molecule has 0 aliphatic carbocycles. The van der Waals surface area contributed by atoms with Gasteiger partial charge in [0.25, 0.3) is 0 Å². The summed E-state index contributed by atoms with van der Waals surface area (Å²) in [4.78, 5) is 14.5. The van der Waals surface area contributed by atoms with E-state index in [1.807, 2.05) is 4.90 Å². The normalized spacial score (nSPS) is 30.3. The van der Waals surface area contributed by atoms with Gasteiger partial charge in [-0.05, 0) is 44.7 Å². The predicted molar refractivity (Wildman–Crippen MR) is 71.2 cm³/mol. The average molecular weight is 254 g/mol. The summed E-state index contributed by atoms with van der Waals surface area (Å²) in [6.45, 7) is 7.46. The Labute approximate surface area is 110 Å². The highest BCUT2D eigenvalue weighted by Gasteiger charge is 2.40. The minimum atomic E-state index is -0.331. The Kier molecular flexibility index (Phi) is 4.28. The quantitative estimate of drug-likeness (QED) is 0.773. The van der Waals surface area contributed by atoms with Crippen molar-refractivity contribution in [3.63, 3.8) is 0 Å². The van der Waals surface area contributed by atoms with Crippen molar-refractivity contribution in [2.24, 2.45) is 11.3 Å². The number of amides is 1. The maximum atomic E-state index is 12.7. The summed E-state index contributed by atoms with van der Waals surface area (Å²) in [6, 6.07) is 0. The van der Waals surface area contributed by atoms with Crippen molar-refractivity contribution in [1.82, 2.24) is 10.2 Å². The highest BCUT2D eigenvalue weighted by atomic mass is 16.3. The molecule has 2 saturated heterocycles. The van der Waals surface area contributed by atoms with Crippen LogP contribution < -0.4 is 5.32 Å². The second-order valence-corrected chi connectivity index (χ2v) is 6.31. The number of hydrogen-bond donors (Lipinski definition) is 2. The SMILES string of the molecule is CC(C)(C(=O)N1CCCC(O)C1)C1CCCNC1. The number of carbonyl (C=O) groups excluding carboxylic acids is 1. The Bertz CT molecular complexity index is 298. The van der Waals surface area contributed by atoms with Crippen molar-refractivity contribution >= 4 is 5.91 Å². The lowest BCUT2D eigenvalue weighted by Crippen LogP contribution is -2.52. The van der Waals surface area contributed by atoms with E-state index in [0.29, 0.717) is 12.5 Å². The molecule has 0 saturated carbocycles. The lowest BCUT2D eigenvalue weighted by atomic mass is 9.73. The highest BCUT2D eigenvalue weighted by Crippen LogP contribution is 2.34. The Morgan fingerprint density at radius 1 is 1.33 bits per heavy atom. The van der Waals surface area contributed by atoms with Crippen LogP contribution in [0.2, 0.25) is 0 Å². The monoisotopic (exact) mass is 254 g/mol. The van der Waals surface area contributed by atoms with Gasteiger partial charge in [-0.25, -0.2) is 0 Å². The zero-order valence-corrected chi connectivity index (χ0v) is 11.6. The van der Waals surface area contributed by atoms with E-state index in [1.165, 1.54) is 0 Å². The molecule has 4 nitrogen and oxygen atoms in total. The molecule has 0 spiro atoms. The van der Waals surface area contributed by atoms with E-state index in [0.717, 1.165) is 45.3 Å². The molecule has 104 valence electrons. The molecule has 2 fully saturated rings. The third-order valence-corrected chi connectivity index (χ3v) is 4.55. The first-order valence-electron chi connectivity index (χ1n) is 7.20. The second-order valence-electron chi connectivity index (χ2n) is 6.31. The van der Waals surface area contributed by atoms with Gasteiger partial charge >= 0.3 is 0 Å². The number of aliphatic hydroxyl groups is 1. The smallest absolute Gasteiger partial charge is 0.228 e. The summed E-state index contributed by atoms with van der Waals surface area (Å²) < 4.78 is 0. The number of piperidine rings is 2. The number of β-amino-alcohol motifs (C(OH)–C–C–N with tert-alkyl or cyclic N) is 1. The summed E-state index contributed by atoms with van der Waals surface area (Å²) in [5.74, 6) is 0.632. The average Bonchev–Trinajstić information content (AvgIpc) is 2.39. The fourth-order valence-corrected chi connectivity index (χ4v) is 3.19. The number of nitrogens with one attached hydrogen (secondary N) is 1. The number of carbonyl (C=O) groups is 1. The second kappa shape index (κ2) is 5.57. The summed E-state index contributed by atoms with van der Waals surface area (Å²) in [5.41, 5.74) is -0.315. The van der Waals surface area contributed by atoms with Gasteiger partial charge in [0.15, 0.2) is 0 Å². The molecular weight excluding hydrogens is 228 g/mol. The Morgan fingerprint density at radius 2 is 2.11 bits per heavy atom. The maximum Gasteiger partial charge on any atom is 0.228 e. The van der Waals surface area contributed by atoms with Crippen molar-refractivity contribution in [3.8, 4) is 0 Å². The van der Waals surface area contributed by atoms with Gasteiger partial charge < -0.3 is 15.3 Å². The van der Waals surface area contributed by atoms with Crippen molar-refractivity contribution < 1.29 is 9.90 Å². The summed E-state index contributed by atoms with van der Waals surface area (Å²) in [7, 11) is 0. The summed E-state index contributed by atoms with van der Waals surface area (Å²) >= 11 is 0. The van der Waals surface area contributed by atoms with Gasteiger partial charge in [0.1, 0.15) is 0 Å². The Balaban J connectivity index is 2.01. The van der Waals surface area contributed by atoms with E-state index in [-0.39, 0.29) is 17.4 Å². The molecule has 18 heavy (non-hydrogen) atoms. The summed E-state index contributed by atoms with van der Waals surface area (Å²) in [6.07, 6.45) is 3.70. The number of nitrogens with zero attached hydrogens (tertiary/aromatic N) is 1. The lowest BCUT2D eigenvalue weighted by molar-refractivity contribution is -0.147. The van der Waals surface area contributed by atoms with E-state index in [9.17, 15) is 9.90 Å². The molecule has 0 bridgehead atoms. The van der Waals surface area contributed by atoms with E-state index in [1.54, 1.807) is 0 Å². The van der Waals surface area contributed by atoms with Crippen LogP contribution in [0.3, 0.4) is 0 Å². The number of aliphatic hydroxyl groups excluding tert-OH is 1. The first-order chi connectivity index (χ1) is 8.51. The number of hydrogen-bond acceptors (Lipinski definition) is 3. The first kappa shape index (κ1) is 13.8. The number of rotatable bonds is 2. The lowest BCUT2D eigenvalue weighted by Gasteiger charge is -2.41. The van der Waals surface area contributed by atoms with Gasteiger partial charge in [-0.3, -0.25) is 4.79 Å². The molecule has 0 aromatic rings. The highest BCUT2D eigenvalue weighted by molar-refractivity contribution is 5.82. The fraction of sp³-hybridized carbons (Fsp3) is 0.929. The number of likely N-dealkylation sites (tertiary alicyclic amines) is 1. The Hall–Kier alpha value is -0.610. The minimum Gasteiger partial charge on any atom is -0.391 e. The van der Waals surface area contributed by atoms with Crippen molar-refractivity contribution in [2.45, 2.75) is 45.6 Å². The zero-order valence-electron chi connectivity index (χ0n) is 11.6. The Morgan fingerprint density at radius 3 is 2.72 bits per heavy atom. The molecule has 2 N–H and O–H groups in total. The fourth-order valence-electron chi connectivity index (χ4n) is 3.19. The molecule has 0 radical (unpaired) electrons. The summed E-state index contributed by atoms with van der Waals surface area (Å²) in [5, 5.41) is 13.1. The van der Waals surface area contributed by atoms with E-state index < -0.39 is 0 Å². The molecule has 4 heteroatoms. The van der Waals surface area contributed by atoms with Gasteiger partial charge in [-0.2, -0.15) is 0 Å².